The normalized spacial score (nSPS) is 17.0. The van der Waals surface area contributed by atoms with E-state index in [1.165, 1.54) is 13.2 Å². The molecule has 1 amide bonds. The minimum atomic E-state index is -0.496. The molecule has 126 valence electrons. The first-order valence-electron chi connectivity index (χ1n) is 7.53. The molecule has 1 aromatic carbocycles. The maximum absolute atomic E-state index is 11.9. The SMILES string of the molecule is COCCNC(=O)c1ccc(NCC2CCCO2)c([N+](=O)[O-])c1. The van der Waals surface area contributed by atoms with Crippen LogP contribution in [0.15, 0.2) is 18.2 Å². The summed E-state index contributed by atoms with van der Waals surface area (Å²) >= 11 is 0. The van der Waals surface area contributed by atoms with Crippen molar-refractivity contribution in [1.29, 1.82) is 0 Å². The molecule has 1 atom stereocenters. The molecule has 1 saturated heterocycles. The van der Waals surface area contributed by atoms with Gasteiger partial charge in [0.25, 0.3) is 11.6 Å². The largest absolute Gasteiger partial charge is 0.383 e. The topological polar surface area (TPSA) is 103 Å². The van der Waals surface area contributed by atoms with E-state index in [1.807, 2.05) is 0 Å². The predicted octanol–water partition coefficient (Wildman–Crippen LogP) is 1.56. The molecular weight excluding hydrogens is 302 g/mol. The quantitative estimate of drug-likeness (QED) is 0.427. The van der Waals surface area contributed by atoms with Crippen LogP contribution in [0.5, 0.6) is 0 Å². The maximum atomic E-state index is 11.9. The second kappa shape index (κ2) is 8.44. The summed E-state index contributed by atoms with van der Waals surface area (Å²) in [5, 5.41) is 16.9. The number of hydrogen-bond donors (Lipinski definition) is 2. The highest BCUT2D eigenvalue weighted by Gasteiger charge is 2.20. The second-order valence-corrected chi connectivity index (χ2v) is 5.25. The summed E-state index contributed by atoms with van der Waals surface area (Å²) < 4.78 is 10.3. The number of carbonyl (C=O) groups is 1. The highest BCUT2D eigenvalue weighted by Crippen LogP contribution is 2.26. The van der Waals surface area contributed by atoms with Gasteiger partial charge in [-0.25, -0.2) is 0 Å². The molecular formula is C15H21N3O5. The van der Waals surface area contributed by atoms with E-state index in [0.29, 0.717) is 25.4 Å². The lowest BCUT2D eigenvalue weighted by Crippen LogP contribution is -2.27. The van der Waals surface area contributed by atoms with Gasteiger partial charge >= 0.3 is 0 Å². The Morgan fingerprint density at radius 2 is 2.35 bits per heavy atom. The van der Waals surface area contributed by atoms with E-state index < -0.39 is 4.92 Å². The van der Waals surface area contributed by atoms with E-state index in [1.54, 1.807) is 12.1 Å². The molecule has 0 aromatic heterocycles. The van der Waals surface area contributed by atoms with Crippen molar-refractivity contribution in [2.45, 2.75) is 18.9 Å². The fourth-order valence-electron chi connectivity index (χ4n) is 2.37. The molecule has 2 rings (SSSR count). The number of nitro benzene ring substituents is 1. The van der Waals surface area contributed by atoms with Gasteiger partial charge in [-0.05, 0) is 25.0 Å². The number of methoxy groups -OCH3 is 1. The Balaban J connectivity index is 2.04. The number of rotatable bonds is 8. The minimum Gasteiger partial charge on any atom is -0.383 e. The van der Waals surface area contributed by atoms with Gasteiger partial charge in [0.05, 0.1) is 17.6 Å². The van der Waals surface area contributed by atoms with E-state index in [-0.39, 0.29) is 23.3 Å². The Morgan fingerprint density at radius 3 is 3.00 bits per heavy atom. The minimum absolute atomic E-state index is 0.0756. The van der Waals surface area contributed by atoms with Gasteiger partial charge in [0, 0.05) is 38.4 Å². The van der Waals surface area contributed by atoms with Gasteiger partial charge in [-0.15, -0.1) is 0 Å². The van der Waals surface area contributed by atoms with Crippen LogP contribution in [-0.4, -0.2) is 50.3 Å². The fraction of sp³-hybridized carbons (Fsp3) is 0.533. The average molecular weight is 323 g/mol. The first kappa shape index (κ1) is 17.2. The van der Waals surface area contributed by atoms with Crippen LogP contribution >= 0.6 is 0 Å². The molecule has 8 nitrogen and oxygen atoms in total. The fourth-order valence-corrected chi connectivity index (χ4v) is 2.37. The summed E-state index contributed by atoms with van der Waals surface area (Å²) in [5.41, 5.74) is 0.511. The number of nitro groups is 1. The molecule has 2 N–H and O–H groups in total. The van der Waals surface area contributed by atoms with Gasteiger partial charge in [0.2, 0.25) is 0 Å². The highest BCUT2D eigenvalue weighted by atomic mass is 16.6. The van der Waals surface area contributed by atoms with Gasteiger partial charge in [0.1, 0.15) is 5.69 Å². The molecule has 0 saturated carbocycles. The third-order valence-electron chi connectivity index (χ3n) is 3.59. The molecule has 1 heterocycles. The summed E-state index contributed by atoms with van der Waals surface area (Å²) in [4.78, 5) is 22.7. The number of carbonyl (C=O) groups excluding carboxylic acids is 1. The van der Waals surface area contributed by atoms with Crippen LogP contribution in [0.2, 0.25) is 0 Å². The molecule has 0 bridgehead atoms. The van der Waals surface area contributed by atoms with Crippen molar-refractivity contribution in [3.05, 3.63) is 33.9 Å². The molecule has 1 fully saturated rings. The zero-order valence-electron chi connectivity index (χ0n) is 13.0. The zero-order chi connectivity index (χ0) is 16.7. The number of benzene rings is 1. The van der Waals surface area contributed by atoms with Gasteiger partial charge in [0.15, 0.2) is 0 Å². The van der Waals surface area contributed by atoms with Gasteiger partial charge in [-0.2, -0.15) is 0 Å². The van der Waals surface area contributed by atoms with E-state index in [2.05, 4.69) is 10.6 Å². The van der Waals surface area contributed by atoms with E-state index in [9.17, 15) is 14.9 Å². The van der Waals surface area contributed by atoms with Crippen LogP contribution in [0.1, 0.15) is 23.2 Å². The lowest BCUT2D eigenvalue weighted by atomic mass is 10.1. The summed E-state index contributed by atoms with van der Waals surface area (Å²) in [6.45, 7) is 1.98. The Bertz CT molecular complexity index is 558. The number of nitrogens with zero attached hydrogens (tertiary/aromatic N) is 1. The number of anilines is 1. The molecule has 0 spiro atoms. The smallest absolute Gasteiger partial charge is 0.293 e. The third kappa shape index (κ3) is 4.90. The van der Waals surface area contributed by atoms with Crippen LogP contribution in [0.25, 0.3) is 0 Å². The monoisotopic (exact) mass is 323 g/mol. The average Bonchev–Trinajstić information content (AvgIpc) is 3.06. The van der Waals surface area contributed by atoms with Gasteiger partial charge in [-0.1, -0.05) is 0 Å². The molecule has 1 unspecified atom stereocenters. The molecule has 0 radical (unpaired) electrons. The second-order valence-electron chi connectivity index (χ2n) is 5.25. The number of nitrogens with one attached hydrogen (secondary N) is 2. The Kier molecular flexibility index (Phi) is 6.30. The van der Waals surface area contributed by atoms with Crippen molar-refractivity contribution < 1.29 is 19.2 Å². The zero-order valence-corrected chi connectivity index (χ0v) is 13.0. The van der Waals surface area contributed by atoms with E-state index in [4.69, 9.17) is 9.47 Å². The number of hydrogen-bond acceptors (Lipinski definition) is 6. The number of amides is 1. The molecule has 1 aliphatic rings. The Labute approximate surface area is 134 Å². The Morgan fingerprint density at radius 1 is 1.52 bits per heavy atom. The lowest BCUT2D eigenvalue weighted by molar-refractivity contribution is -0.384. The first-order valence-corrected chi connectivity index (χ1v) is 7.53. The van der Waals surface area contributed by atoms with Crippen molar-refractivity contribution >= 4 is 17.3 Å². The van der Waals surface area contributed by atoms with Crippen molar-refractivity contribution in [2.75, 3.05) is 38.7 Å². The van der Waals surface area contributed by atoms with E-state index >= 15 is 0 Å². The lowest BCUT2D eigenvalue weighted by Gasteiger charge is -2.12. The summed E-state index contributed by atoms with van der Waals surface area (Å²) in [6.07, 6.45) is 2.03. The highest BCUT2D eigenvalue weighted by molar-refractivity contribution is 5.95. The molecule has 8 heteroatoms. The predicted molar refractivity (Wildman–Crippen MR) is 84.8 cm³/mol. The van der Waals surface area contributed by atoms with E-state index in [0.717, 1.165) is 19.4 Å². The van der Waals surface area contributed by atoms with Gasteiger partial charge < -0.3 is 20.1 Å². The number of ether oxygens (including phenoxy) is 2. The molecule has 23 heavy (non-hydrogen) atoms. The van der Waals surface area contributed by atoms with Crippen molar-refractivity contribution in [3.8, 4) is 0 Å². The van der Waals surface area contributed by atoms with Gasteiger partial charge in [-0.3, -0.25) is 14.9 Å². The van der Waals surface area contributed by atoms with Crippen LogP contribution < -0.4 is 10.6 Å². The summed E-state index contributed by atoms with van der Waals surface area (Å²) in [5.74, 6) is -0.365. The molecule has 1 aliphatic heterocycles. The summed E-state index contributed by atoms with van der Waals surface area (Å²) in [7, 11) is 1.53. The van der Waals surface area contributed by atoms with Crippen LogP contribution in [-0.2, 0) is 9.47 Å². The summed E-state index contributed by atoms with van der Waals surface area (Å²) in [6, 6.07) is 4.39. The third-order valence-corrected chi connectivity index (χ3v) is 3.59. The van der Waals surface area contributed by atoms with Crippen LogP contribution in [0.3, 0.4) is 0 Å². The molecule has 0 aliphatic carbocycles. The maximum Gasteiger partial charge on any atom is 0.293 e. The van der Waals surface area contributed by atoms with Crippen molar-refractivity contribution in [3.63, 3.8) is 0 Å². The standard InChI is InChI=1S/C15H21N3O5/c1-22-8-6-16-15(19)11-4-5-13(14(9-11)18(20)21)17-10-12-3-2-7-23-12/h4-5,9,12,17H,2-3,6-8,10H2,1H3,(H,16,19). The first-order chi connectivity index (χ1) is 11.1. The van der Waals surface area contributed by atoms with Crippen molar-refractivity contribution in [2.24, 2.45) is 0 Å². The molecule has 1 aromatic rings. The van der Waals surface area contributed by atoms with Crippen LogP contribution in [0, 0.1) is 10.1 Å². The van der Waals surface area contributed by atoms with Crippen molar-refractivity contribution in [1.82, 2.24) is 5.32 Å². The van der Waals surface area contributed by atoms with Crippen LogP contribution in [0.4, 0.5) is 11.4 Å². The Hall–Kier alpha value is -2.19.